The predicted octanol–water partition coefficient (Wildman–Crippen LogP) is 2.89. The topological polar surface area (TPSA) is 65.8 Å². The fourth-order valence-corrected chi connectivity index (χ4v) is 2.93. The van der Waals surface area contributed by atoms with Crippen LogP contribution in [0.5, 0.6) is 5.75 Å². The van der Waals surface area contributed by atoms with Crippen LogP contribution in [0.4, 0.5) is 4.79 Å². The van der Waals surface area contributed by atoms with Gasteiger partial charge in [0.05, 0.1) is 5.56 Å². The third kappa shape index (κ3) is 5.47. The number of hydrogen-bond donors (Lipinski definition) is 0. The van der Waals surface area contributed by atoms with Gasteiger partial charge in [-0.1, -0.05) is 42.5 Å². The third-order valence-corrected chi connectivity index (χ3v) is 4.51. The molecular formula is C21H23N3O3. The van der Waals surface area contributed by atoms with Crippen molar-refractivity contribution in [2.24, 2.45) is 0 Å². The summed E-state index contributed by atoms with van der Waals surface area (Å²) in [4.78, 5) is 16.2. The van der Waals surface area contributed by atoms with E-state index in [1.807, 2.05) is 42.5 Å². The number of carbonyl (C=O) groups is 1. The highest BCUT2D eigenvalue weighted by atomic mass is 16.6. The summed E-state index contributed by atoms with van der Waals surface area (Å²) in [5.74, 6) is 0.614. The molecule has 0 spiro atoms. The van der Waals surface area contributed by atoms with Gasteiger partial charge in [0.25, 0.3) is 0 Å². The maximum Gasteiger partial charge on any atom is 0.410 e. The van der Waals surface area contributed by atoms with E-state index in [1.54, 1.807) is 17.0 Å². The molecular weight excluding hydrogens is 342 g/mol. The highest BCUT2D eigenvalue weighted by Gasteiger charge is 2.22. The van der Waals surface area contributed by atoms with Crippen LogP contribution in [0.25, 0.3) is 0 Å². The van der Waals surface area contributed by atoms with E-state index in [0.29, 0.717) is 37.6 Å². The van der Waals surface area contributed by atoms with E-state index in [2.05, 4.69) is 11.0 Å². The zero-order valence-corrected chi connectivity index (χ0v) is 15.2. The summed E-state index contributed by atoms with van der Waals surface area (Å²) >= 11 is 0. The lowest BCUT2D eigenvalue weighted by molar-refractivity contribution is 0.0684. The first-order valence-corrected chi connectivity index (χ1v) is 9.06. The Morgan fingerprint density at radius 2 is 1.70 bits per heavy atom. The minimum Gasteiger partial charge on any atom is -0.491 e. The van der Waals surface area contributed by atoms with Crippen LogP contribution >= 0.6 is 0 Å². The summed E-state index contributed by atoms with van der Waals surface area (Å²) in [6.45, 7) is 4.41. The quantitative estimate of drug-likeness (QED) is 0.787. The second-order valence-electron chi connectivity index (χ2n) is 6.33. The summed E-state index contributed by atoms with van der Waals surface area (Å²) in [6.07, 6.45) is -0.266. The van der Waals surface area contributed by atoms with Gasteiger partial charge in [0.15, 0.2) is 0 Å². The van der Waals surface area contributed by atoms with Crippen molar-refractivity contribution in [3.05, 3.63) is 65.7 Å². The number of carbonyl (C=O) groups excluding carboxylic acids is 1. The van der Waals surface area contributed by atoms with Gasteiger partial charge in [-0.05, 0) is 17.7 Å². The van der Waals surface area contributed by atoms with E-state index < -0.39 is 0 Å². The average molecular weight is 365 g/mol. The summed E-state index contributed by atoms with van der Waals surface area (Å²) in [5, 5.41) is 9.07. The number of nitrogens with zero attached hydrogens (tertiary/aromatic N) is 3. The second-order valence-corrected chi connectivity index (χ2v) is 6.33. The zero-order chi connectivity index (χ0) is 18.9. The minimum absolute atomic E-state index is 0.266. The fourth-order valence-electron chi connectivity index (χ4n) is 2.93. The Balaban J connectivity index is 1.36. The first-order chi connectivity index (χ1) is 13.3. The fraction of sp³-hybridized carbons (Fsp3) is 0.333. The standard InChI is InChI=1S/C21H23N3O3/c22-16-19-8-4-5-9-20(19)26-15-14-23-10-12-24(13-11-23)21(25)27-17-18-6-2-1-3-7-18/h1-9H,10-15,17H2. The molecule has 0 radical (unpaired) electrons. The van der Waals surface area contributed by atoms with Crippen molar-refractivity contribution in [2.75, 3.05) is 39.3 Å². The number of rotatable bonds is 6. The van der Waals surface area contributed by atoms with Crippen molar-refractivity contribution in [3.63, 3.8) is 0 Å². The molecule has 2 aromatic carbocycles. The third-order valence-electron chi connectivity index (χ3n) is 4.51. The van der Waals surface area contributed by atoms with Crippen LogP contribution in [-0.4, -0.2) is 55.2 Å². The van der Waals surface area contributed by atoms with E-state index in [9.17, 15) is 4.79 Å². The SMILES string of the molecule is N#Cc1ccccc1OCCN1CCN(C(=O)OCc2ccccc2)CC1. The molecule has 1 aliphatic rings. The molecule has 6 heteroatoms. The molecule has 1 heterocycles. The molecule has 6 nitrogen and oxygen atoms in total. The number of ether oxygens (including phenoxy) is 2. The number of amides is 1. The van der Waals surface area contributed by atoms with Gasteiger partial charge in [0.2, 0.25) is 0 Å². The first kappa shape index (κ1) is 18.7. The molecule has 0 aromatic heterocycles. The number of benzene rings is 2. The molecule has 1 fully saturated rings. The molecule has 1 amide bonds. The van der Waals surface area contributed by atoms with Crippen molar-refractivity contribution >= 4 is 6.09 Å². The number of nitriles is 1. The van der Waals surface area contributed by atoms with Gasteiger partial charge in [0, 0.05) is 32.7 Å². The maximum absolute atomic E-state index is 12.2. The molecule has 1 saturated heterocycles. The van der Waals surface area contributed by atoms with E-state index >= 15 is 0 Å². The minimum atomic E-state index is -0.266. The highest BCUT2D eigenvalue weighted by molar-refractivity contribution is 5.67. The van der Waals surface area contributed by atoms with Crippen LogP contribution in [0.15, 0.2) is 54.6 Å². The molecule has 27 heavy (non-hydrogen) atoms. The van der Waals surface area contributed by atoms with Gasteiger partial charge in [-0.3, -0.25) is 4.90 Å². The van der Waals surface area contributed by atoms with E-state index in [-0.39, 0.29) is 6.09 Å². The van der Waals surface area contributed by atoms with Crippen molar-refractivity contribution in [1.82, 2.24) is 9.80 Å². The monoisotopic (exact) mass is 365 g/mol. The predicted molar refractivity (Wildman–Crippen MR) is 101 cm³/mol. The van der Waals surface area contributed by atoms with Crippen LogP contribution < -0.4 is 4.74 Å². The van der Waals surface area contributed by atoms with Crippen LogP contribution in [0.2, 0.25) is 0 Å². The van der Waals surface area contributed by atoms with Crippen molar-refractivity contribution in [2.45, 2.75) is 6.61 Å². The number of hydrogen-bond acceptors (Lipinski definition) is 5. The van der Waals surface area contributed by atoms with Gasteiger partial charge >= 0.3 is 6.09 Å². The van der Waals surface area contributed by atoms with Crippen LogP contribution in [0.3, 0.4) is 0 Å². The number of para-hydroxylation sites is 1. The van der Waals surface area contributed by atoms with E-state index in [1.165, 1.54) is 0 Å². The summed E-state index contributed by atoms with van der Waals surface area (Å²) in [6, 6.07) is 19.0. The molecule has 0 unspecified atom stereocenters. The molecule has 0 saturated carbocycles. The molecule has 0 atom stereocenters. The van der Waals surface area contributed by atoms with Gasteiger partial charge in [-0.15, -0.1) is 0 Å². The molecule has 2 aromatic rings. The number of piperazine rings is 1. The normalized spacial score (nSPS) is 14.4. The Morgan fingerprint density at radius 1 is 1.00 bits per heavy atom. The second kappa shape index (κ2) is 9.60. The lowest BCUT2D eigenvalue weighted by Gasteiger charge is -2.33. The maximum atomic E-state index is 12.2. The molecule has 3 rings (SSSR count). The summed E-state index contributed by atoms with van der Waals surface area (Å²) in [7, 11) is 0. The Labute approximate surface area is 159 Å². The van der Waals surface area contributed by atoms with E-state index in [4.69, 9.17) is 14.7 Å². The molecule has 0 N–H and O–H groups in total. The van der Waals surface area contributed by atoms with Gasteiger partial charge < -0.3 is 14.4 Å². The Bertz CT molecular complexity index is 781. The molecule has 0 bridgehead atoms. The molecule has 1 aliphatic heterocycles. The largest absolute Gasteiger partial charge is 0.491 e. The van der Waals surface area contributed by atoms with E-state index in [0.717, 1.165) is 25.2 Å². The van der Waals surface area contributed by atoms with Gasteiger partial charge in [0.1, 0.15) is 25.0 Å². The average Bonchev–Trinajstić information content (AvgIpc) is 2.73. The lowest BCUT2D eigenvalue weighted by atomic mass is 10.2. The van der Waals surface area contributed by atoms with Crippen LogP contribution in [0, 0.1) is 11.3 Å². The Kier molecular flexibility index (Phi) is 6.66. The van der Waals surface area contributed by atoms with Crippen molar-refractivity contribution < 1.29 is 14.3 Å². The first-order valence-electron chi connectivity index (χ1n) is 9.06. The van der Waals surface area contributed by atoms with Gasteiger partial charge in [-0.2, -0.15) is 5.26 Å². The lowest BCUT2D eigenvalue weighted by Crippen LogP contribution is -2.49. The van der Waals surface area contributed by atoms with Crippen molar-refractivity contribution in [3.8, 4) is 11.8 Å². The molecule has 0 aliphatic carbocycles. The van der Waals surface area contributed by atoms with Crippen LogP contribution in [-0.2, 0) is 11.3 Å². The highest BCUT2D eigenvalue weighted by Crippen LogP contribution is 2.16. The Hall–Kier alpha value is -3.04. The zero-order valence-electron chi connectivity index (χ0n) is 15.2. The van der Waals surface area contributed by atoms with Crippen LogP contribution in [0.1, 0.15) is 11.1 Å². The Morgan fingerprint density at radius 3 is 2.44 bits per heavy atom. The summed E-state index contributed by atoms with van der Waals surface area (Å²) < 4.78 is 11.1. The van der Waals surface area contributed by atoms with Gasteiger partial charge in [-0.25, -0.2) is 4.79 Å². The molecule has 140 valence electrons. The summed E-state index contributed by atoms with van der Waals surface area (Å²) in [5.41, 5.74) is 1.53. The smallest absolute Gasteiger partial charge is 0.410 e. The van der Waals surface area contributed by atoms with Crippen molar-refractivity contribution in [1.29, 1.82) is 5.26 Å².